The summed E-state index contributed by atoms with van der Waals surface area (Å²) in [5.74, 6) is 0.743. The summed E-state index contributed by atoms with van der Waals surface area (Å²) in [4.78, 5) is 12.2. The Labute approximate surface area is 171 Å². The first kappa shape index (κ1) is 20.2. The van der Waals surface area contributed by atoms with Crippen LogP contribution in [0.15, 0.2) is 47.6 Å². The molecule has 6 nitrogen and oxygen atoms in total. The van der Waals surface area contributed by atoms with Crippen molar-refractivity contribution in [2.75, 3.05) is 18.2 Å². The normalized spacial score (nSPS) is 10.7. The van der Waals surface area contributed by atoms with E-state index in [4.69, 9.17) is 16.3 Å². The summed E-state index contributed by atoms with van der Waals surface area (Å²) in [7, 11) is 1.60. The molecule has 3 rings (SSSR count). The van der Waals surface area contributed by atoms with Gasteiger partial charge in [0.1, 0.15) is 11.6 Å². The van der Waals surface area contributed by atoms with E-state index in [2.05, 4.69) is 15.5 Å². The predicted molar refractivity (Wildman–Crippen MR) is 108 cm³/mol. The van der Waals surface area contributed by atoms with Gasteiger partial charge in [-0.1, -0.05) is 35.5 Å². The van der Waals surface area contributed by atoms with Gasteiger partial charge in [-0.25, -0.2) is 4.39 Å². The van der Waals surface area contributed by atoms with Gasteiger partial charge in [0.05, 0.1) is 29.1 Å². The second-order valence-electron chi connectivity index (χ2n) is 5.71. The minimum atomic E-state index is -0.461. The molecule has 1 aromatic heterocycles. The highest BCUT2D eigenvalue weighted by Crippen LogP contribution is 2.31. The van der Waals surface area contributed by atoms with Crippen LogP contribution >= 0.6 is 23.4 Å². The van der Waals surface area contributed by atoms with Gasteiger partial charge >= 0.3 is 0 Å². The van der Waals surface area contributed by atoms with Gasteiger partial charge < -0.3 is 14.6 Å². The average Bonchev–Trinajstić information content (AvgIpc) is 3.11. The van der Waals surface area contributed by atoms with Gasteiger partial charge in [-0.3, -0.25) is 4.79 Å². The molecule has 0 saturated carbocycles. The monoisotopic (exact) mass is 420 g/mol. The van der Waals surface area contributed by atoms with Gasteiger partial charge in [-0.05, 0) is 37.3 Å². The number of nitrogens with one attached hydrogen (secondary N) is 1. The molecule has 2 aromatic carbocycles. The number of methoxy groups -OCH3 is 1. The van der Waals surface area contributed by atoms with Crippen molar-refractivity contribution in [3.8, 4) is 17.1 Å². The number of nitrogens with zero attached hydrogens (tertiary/aromatic N) is 3. The summed E-state index contributed by atoms with van der Waals surface area (Å²) in [5, 5.41) is 11.9. The van der Waals surface area contributed by atoms with E-state index in [1.807, 2.05) is 35.8 Å². The van der Waals surface area contributed by atoms with E-state index < -0.39 is 5.82 Å². The van der Waals surface area contributed by atoms with Gasteiger partial charge in [0.2, 0.25) is 5.91 Å². The largest absolute Gasteiger partial charge is 0.496 e. The molecule has 0 aliphatic carbocycles. The molecule has 0 aliphatic heterocycles. The van der Waals surface area contributed by atoms with E-state index >= 15 is 0 Å². The van der Waals surface area contributed by atoms with Crippen LogP contribution in [0.25, 0.3) is 11.4 Å². The van der Waals surface area contributed by atoms with Gasteiger partial charge in [-0.15, -0.1) is 10.2 Å². The number of hydrogen-bond donors (Lipinski definition) is 1. The van der Waals surface area contributed by atoms with Gasteiger partial charge in [0.25, 0.3) is 0 Å². The fourth-order valence-electron chi connectivity index (χ4n) is 2.62. The number of amides is 1. The Hall–Kier alpha value is -2.58. The van der Waals surface area contributed by atoms with Crippen molar-refractivity contribution >= 4 is 35.0 Å². The molecule has 0 radical (unpaired) electrons. The number of ether oxygens (including phenoxy) is 1. The lowest BCUT2D eigenvalue weighted by atomic mass is 10.2. The van der Waals surface area contributed by atoms with Crippen LogP contribution in [-0.2, 0) is 11.3 Å². The molecule has 0 saturated heterocycles. The predicted octanol–water partition coefficient (Wildman–Crippen LogP) is 4.50. The number of halogens is 2. The first-order valence-corrected chi connectivity index (χ1v) is 9.84. The number of thioether (sulfide) groups is 1. The Bertz CT molecular complexity index is 996. The third-order valence-corrected chi connectivity index (χ3v) is 5.20. The van der Waals surface area contributed by atoms with E-state index in [0.29, 0.717) is 29.0 Å². The number of carbonyl (C=O) groups is 1. The van der Waals surface area contributed by atoms with Crippen LogP contribution in [0, 0.1) is 5.82 Å². The summed E-state index contributed by atoms with van der Waals surface area (Å²) < 4.78 is 20.4. The lowest BCUT2D eigenvalue weighted by Crippen LogP contribution is -2.15. The molecule has 0 fully saturated rings. The first-order valence-electron chi connectivity index (χ1n) is 8.47. The quantitative estimate of drug-likeness (QED) is 0.570. The molecule has 0 bridgehead atoms. The minimum absolute atomic E-state index is 0.109. The highest BCUT2D eigenvalue weighted by atomic mass is 35.5. The first-order chi connectivity index (χ1) is 13.5. The summed E-state index contributed by atoms with van der Waals surface area (Å²) in [6.45, 7) is 2.61. The number of carbonyl (C=O) groups excluding carboxylic acids is 1. The van der Waals surface area contributed by atoms with E-state index in [1.165, 1.54) is 23.9 Å². The fourth-order valence-corrected chi connectivity index (χ4v) is 3.63. The zero-order chi connectivity index (χ0) is 20.1. The van der Waals surface area contributed by atoms with Crippen molar-refractivity contribution in [2.24, 2.45) is 0 Å². The van der Waals surface area contributed by atoms with Crippen molar-refractivity contribution in [2.45, 2.75) is 18.6 Å². The molecule has 0 atom stereocenters. The Kier molecular flexibility index (Phi) is 6.53. The number of benzene rings is 2. The van der Waals surface area contributed by atoms with Crippen molar-refractivity contribution in [1.82, 2.24) is 14.8 Å². The fraction of sp³-hybridized carbons (Fsp3) is 0.211. The van der Waals surface area contributed by atoms with Crippen molar-refractivity contribution < 1.29 is 13.9 Å². The number of anilines is 1. The molecule has 0 spiro atoms. The molecule has 1 heterocycles. The highest BCUT2D eigenvalue weighted by molar-refractivity contribution is 7.99. The number of aromatic nitrogens is 3. The molecule has 9 heteroatoms. The number of hydrogen-bond acceptors (Lipinski definition) is 5. The van der Waals surface area contributed by atoms with Crippen LogP contribution in [0.4, 0.5) is 10.1 Å². The van der Waals surface area contributed by atoms with E-state index in [-0.39, 0.29) is 16.7 Å². The van der Waals surface area contributed by atoms with Gasteiger partial charge in [0.15, 0.2) is 11.0 Å². The third kappa shape index (κ3) is 4.45. The topological polar surface area (TPSA) is 69.0 Å². The molecule has 0 unspecified atom stereocenters. The number of para-hydroxylation sites is 1. The molecule has 1 amide bonds. The minimum Gasteiger partial charge on any atom is -0.496 e. The van der Waals surface area contributed by atoms with Crippen molar-refractivity contribution in [3.63, 3.8) is 0 Å². The summed E-state index contributed by atoms with van der Waals surface area (Å²) in [6, 6.07) is 11.4. The maximum Gasteiger partial charge on any atom is 0.234 e. The molecular weight excluding hydrogens is 403 g/mol. The van der Waals surface area contributed by atoms with Crippen LogP contribution < -0.4 is 10.1 Å². The van der Waals surface area contributed by atoms with Crippen LogP contribution in [0.2, 0.25) is 5.02 Å². The lowest BCUT2D eigenvalue weighted by Gasteiger charge is -2.10. The Morgan fingerprint density at radius 1 is 1.29 bits per heavy atom. The van der Waals surface area contributed by atoms with Crippen molar-refractivity contribution in [3.05, 3.63) is 53.3 Å². The van der Waals surface area contributed by atoms with Crippen LogP contribution in [-0.4, -0.2) is 33.5 Å². The Morgan fingerprint density at radius 2 is 2.07 bits per heavy atom. The van der Waals surface area contributed by atoms with E-state index in [0.717, 1.165) is 11.6 Å². The van der Waals surface area contributed by atoms with Crippen LogP contribution in [0.3, 0.4) is 0 Å². The lowest BCUT2D eigenvalue weighted by molar-refractivity contribution is -0.113. The SMILES string of the molecule is CCn1c(SCC(=O)Nc2ccc(F)cc2Cl)nnc1-c1ccccc1OC. The Balaban J connectivity index is 1.73. The second-order valence-corrected chi connectivity index (χ2v) is 7.06. The smallest absolute Gasteiger partial charge is 0.234 e. The zero-order valence-electron chi connectivity index (χ0n) is 15.3. The van der Waals surface area contributed by atoms with Crippen LogP contribution in [0.1, 0.15) is 6.92 Å². The molecule has 3 aromatic rings. The summed E-state index contributed by atoms with van der Waals surface area (Å²) in [5.41, 5.74) is 1.19. The summed E-state index contributed by atoms with van der Waals surface area (Å²) in [6.07, 6.45) is 0. The molecular formula is C19H18ClFN4O2S. The molecule has 0 aliphatic rings. The highest BCUT2D eigenvalue weighted by Gasteiger charge is 2.17. The van der Waals surface area contributed by atoms with E-state index in [1.54, 1.807) is 7.11 Å². The van der Waals surface area contributed by atoms with E-state index in [9.17, 15) is 9.18 Å². The average molecular weight is 421 g/mol. The second kappa shape index (κ2) is 9.07. The van der Waals surface area contributed by atoms with Gasteiger partial charge in [-0.2, -0.15) is 0 Å². The maximum absolute atomic E-state index is 13.1. The number of rotatable bonds is 7. The van der Waals surface area contributed by atoms with Crippen LogP contribution in [0.5, 0.6) is 5.75 Å². The Morgan fingerprint density at radius 3 is 2.79 bits per heavy atom. The maximum atomic E-state index is 13.1. The standard InChI is InChI=1S/C19H18ClFN4O2S/c1-3-25-18(13-6-4-5-7-16(13)27-2)23-24-19(25)28-11-17(26)22-15-9-8-12(21)10-14(15)20/h4-10H,3,11H2,1-2H3,(H,22,26). The molecule has 146 valence electrons. The third-order valence-electron chi connectivity index (χ3n) is 3.92. The molecule has 1 N–H and O–H groups in total. The molecule has 28 heavy (non-hydrogen) atoms. The van der Waals surface area contributed by atoms with Crippen molar-refractivity contribution in [1.29, 1.82) is 0 Å². The van der Waals surface area contributed by atoms with Gasteiger partial charge in [0, 0.05) is 6.54 Å². The zero-order valence-corrected chi connectivity index (χ0v) is 16.9. The summed E-state index contributed by atoms with van der Waals surface area (Å²) >= 11 is 7.19.